The van der Waals surface area contributed by atoms with E-state index in [9.17, 15) is 4.79 Å². The first kappa shape index (κ1) is 16.2. The highest BCUT2D eigenvalue weighted by Crippen LogP contribution is 2.22. The molecule has 0 aliphatic heterocycles. The summed E-state index contributed by atoms with van der Waals surface area (Å²) < 4.78 is 1.89. The van der Waals surface area contributed by atoms with Gasteiger partial charge in [0.2, 0.25) is 0 Å². The van der Waals surface area contributed by atoms with E-state index < -0.39 is 0 Å². The second-order valence-corrected chi connectivity index (χ2v) is 7.10. The molecule has 0 fully saturated rings. The average molecular weight is 323 g/mol. The Balaban J connectivity index is 2.05. The summed E-state index contributed by atoms with van der Waals surface area (Å²) in [5.41, 5.74) is 2.86. The van der Waals surface area contributed by atoms with Crippen molar-refractivity contribution in [1.82, 2.24) is 15.3 Å². The number of rotatable bonds is 3. The number of aromatic amines is 1. The van der Waals surface area contributed by atoms with Gasteiger partial charge in [0.1, 0.15) is 0 Å². The van der Waals surface area contributed by atoms with Gasteiger partial charge in [0.25, 0.3) is 0 Å². The highest BCUT2D eigenvalue weighted by molar-refractivity contribution is 5.91. The van der Waals surface area contributed by atoms with Gasteiger partial charge in [0.05, 0.1) is 6.20 Å². The van der Waals surface area contributed by atoms with E-state index in [2.05, 4.69) is 36.1 Å². The first-order valence-corrected chi connectivity index (χ1v) is 8.11. The van der Waals surface area contributed by atoms with Gasteiger partial charge in [-0.3, -0.25) is 9.78 Å². The van der Waals surface area contributed by atoms with Gasteiger partial charge in [-0.1, -0.05) is 26.8 Å². The molecule has 1 amide bonds. The minimum absolute atomic E-state index is 0.00332. The van der Waals surface area contributed by atoms with Gasteiger partial charge in [-0.05, 0) is 36.6 Å². The molecule has 0 aromatic carbocycles. The molecule has 1 atom stereocenters. The van der Waals surface area contributed by atoms with E-state index in [4.69, 9.17) is 0 Å². The van der Waals surface area contributed by atoms with Crippen LogP contribution in [0.4, 0.5) is 0 Å². The van der Waals surface area contributed by atoms with Crippen molar-refractivity contribution in [2.24, 2.45) is 5.41 Å². The van der Waals surface area contributed by atoms with E-state index in [0.29, 0.717) is 5.82 Å². The lowest BCUT2D eigenvalue weighted by Crippen LogP contribution is -2.44. The summed E-state index contributed by atoms with van der Waals surface area (Å²) in [6.45, 7) is 8.36. The van der Waals surface area contributed by atoms with Crippen LogP contribution in [0.5, 0.6) is 0 Å². The molecule has 24 heavy (non-hydrogen) atoms. The first-order valence-electron chi connectivity index (χ1n) is 8.11. The van der Waals surface area contributed by atoms with Crippen molar-refractivity contribution >= 4 is 11.4 Å². The third-order valence-corrected chi connectivity index (χ3v) is 4.43. The molecule has 0 spiro atoms. The van der Waals surface area contributed by atoms with Crippen LogP contribution >= 0.6 is 0 Å². The number of carbonyl (C=O) groups is 1. The SMILES string of the molecule is CC(NC(=O)c1[nH]c(-c2ccncc2)c2cccc[n+]12)C(C)(C)C. The number of H-pyrrole nitrogens is 1. The maximum absolute atomic E-state index is 12.8. The number of hydrogen-bond donors (Lipinski definition) is 2. The van der Waals surface area contributed by atoms with Crippen LogP contribution in [-0.2, 0) is 0 Å². The highest BCUT2D eigenvalue weighted by atomic mass is 16.2. The number of hydrogen-bond acceptors (Lipinski definition) is 2. The molecule has 3 aromatic rings. The minimum atomic E-state index is -0.112. The van der Waals surface area contributed by atoms with Crippen LogP contribution in [-0.4, -0.2) is 21.9 Å². The lowest BCUT2D eigenvalue weighted by atomic mass is 9.88. The van der Waals surface area contributed by atoms with Crippen LogP contribution in [0.15, 0.2) is 48.9 Å². The van der Waals surface area contributed by atoms with Gasteiger partial charge in [0.15, 0.2) is 11.2 Å². The van der Waals surface area contributed by atoms with Gasteiger partial charge < -0.3 is 5.32 Å². The quantitative estimate of drug-likeness (QED) is 0.728. The van der Waals surface area contributed by atoms with Gasteiger partial charge in [-0.15, -0.1) is 0 Å². The highest BCUT2D eigenvalue weighted by Gasteiger charge is 2.29. The largest absolute Gasteiger partial charge is 0.351 e. The maximum atomic E-state index is 12.8. The fourth-order valence-corrected chi connectivity index (χ4v) is 2.47. The van der Waals surface area contributed by atoms with Crippen LogP contribution in [0.2, 0.25) is 0 Å². The van der Waals surface area contributed by atoms with Crippen LogP contribution in [0.25, 0.3) is 16.8 Å². The van der Waals surface area contributed by atoms with Gasteiger partial charge in [-0.25, -0.2) is 4.98 Å². The minimum Gasteiger partial charge on any atom is -0.343 e. The topological polar surface area (TPSA) is 61.9 Å². The molecule has 0 saturated carbocycles. The Hall–Kier alpha value is -2.69. The molecule has 3 heterocycles. The number of nitrogens with one attached hydrogen (secondary N) is 2. The van der Waals surface area contributed by atoms with Gasteiger partial charge in [0, 0.05) is 24.0 Å². The van der Waals surface area contributed by atoms with Crippen LogP contribution in [0.1, 0.15) is 38.3 Å². The summed E-state index contributed by atoms with van der Waals surface area (Å²) in [6.07, 6.45) is 5.39. The molecule has 0 saturated heterocycles. The summed E-state index contributed by atoms with van der Waals surface area (Å²) in [5.74, 6) is 0.410. The number of imidazole rings is 1. The Morgan fingerprint density at radius 3 is 2.58 bits per heavy atom. The molecule has 0 bridgehead atoms. The van der Waals surface area contributed by atoms with E-state index >= 15 is 0 Å². The van der Waals surface area contributed by atoms with Crippen molar-refractivity contribution in [1.29, 1.82) is 0 Å². The molecule has 0 aliphatic rings. The second kappa shape index (κ2) is 6.07. The average Bonchev–Trinajstić information content (AvgIpc) is 2.94. The lowest BCUT2D eigenvalue weighted by molar-refractivity contribution is -0.514. The normalized spacial score (nSPS) is 13.0. The van der Waals surface area contributed by atoms with E-state index in [1.807, 2.05) is 47.9 Å². The maximum Gasteiger partial charge on any atom is 0.351 e. The van der Waals surface area contributed by atoms with Crippen LogP contribution in [0.3, 0.4) is 0 Å². The van der Waals surface area contributed by atoms with E-state index in [1.165, 1.54) is 0 Å². The summed E-state index contributed by atoms with van der Waals surface area (Å²) in [7, 11) is 0. The van der Waals surface area contributed by atoms with Crippen molar-refractivity contribution in [2.75, 3.05) is 0 Å². The molecule has 3 rings (SSSR count). The molecule has 3 aromatic heterocycles. The summed E-state index contributed by atoms with van der Waals surface area (Å²) in [6, 6.07) is 9.79. The van der Waals surface area contributed by atoms with Crippen molar-refractivity contribution in [3.63, 3.8) is 0 Å². The Morgan fingerprint density at radius 2 is 1.92 bits per heavy atom. The monoisotopic (exact) mass is 323 g/mol. The number of pyridine rings is 2. The number of fused-ring (bicyclic) bond motifs is 1. The fourth-order valence-electron chi connectivity index (χ4n) is 2.47. The lowest BCUT2D eigenvalue weighted by Gasteiger charge is -2.27. The van der Waals surface area contributed by atoms with Gasteiger partial charge in [-0.2, -0.15) is 4.40 Å². The zero-order valence-corrected chi connectivity index (χ0v) is 14.5. The molecule has 1 unspecified atom stereocenters. The first-order chi connectivity index (χ1) is 11.4. The molecular weight excluding hydrogens is 300 g/mol. The Labute approximate surface area is 141 Å². The molecular formula is C19H23N4O+. The Morgan fingerprint density at radius 1 is 1.21 bits per heavy atom. The second-order valence-electron chi connectivity index (χ2n) is 7.10. The molecule has 5 heteroatoms. The summed E-state index contributed by atoms with van der Waals surface area (Å²) >= 11 is 0. The van der Waals surface area contributed by atoms with E-state index in [0.717, 1.165) is 16.8 Å². The predicted molar refractivity (Wildman–Crippen MR) is 93.6 cm³/mol. The van der Waals surface area contributed by atoms with Crippen molar-refractivity contribution in [3.8, 4) is 11.3 Å². The zero-order chi connectivity index (χ0) is 17.3. The molecule has 0 aliphatic carbocycles. The van der Waals surface area contributed by atoms with Gasteiger partial charge >= 0.3 is 11.7 Å². The molecule has 2 N–H and O–H groups in total. The number of aromatic nitrogens is 3. The number of carbonyl (C=O) groups excluding carboxylic acids is 1. The smallest absolute Gasteiger partial charge is 0.343 e. The number of nitrogens with zero attached hydrogens (tertiary/aromatic N) is 2. The van der Waals surface area contributed by atoms with E-state index in [1.54, 1.807) is 12.4 Å². The standard InChI is InChI=1S/C19H22N4O/c1-13(19(2,3)4)21-18(24)17-22-16(14-8-10-20-11-9-14)15-7-5-6-12-23(15)17/h5-13H,1-4H3,(H,21,24)/p+1. The zero-order valence-electron chi connectivity index (χ0n) is 14.5. The van der Waals surface area contributed by atoms with Crippen molar-refractivity contribution in [3.05, 3.63) is 54.7 Å². The third-order valence-electron chi connectivity index (χ3n) is 4.43. The third kappa shape index (κ3) is 3.02. The van der Waals surface area contributed by atoms with E-state index in [-0.39, 0.29) is 17.4 Å². The van der Waals surface area contributed by atoms with Crippen molar-refractivity contribution < 1.29 is 9.20 Å². The predicted octanol–water partition coefficient (Wildman–Crippen LogP) is 2.98. The Bertz CT molecular complexity index is 862. The molecule has 5 nitrogen and oxygen atoms in total. The fraction of sp³-hybridized carbons (Fsp3) is 0.316. The molecule has 124 valence electrons. The summed E-state index contributed by atoms with van der Waals surface area (Å²) in [4.78, 5) is 20.1. The van der Waals surface area contributed by atoms with Crippen LogP contribution < -0.4 is 9.72 Å². The van der Waals surface area contributed by atoms with Crippen LogP contribution in [0, 0.1) is 5.41 Å². The van der Waals surface area contributed by atoms with Crippen molar-refractivity contribution in [2.45, 2.75) is 33.7 Å². The molecule has 0 radical (unpaired) electrons. The summed E-state index contributed by atoms with van der Waals surface area (Å²) in [5, 5.41) is 3.09. The number of amides is 1. The Kier molecular flexibility index (Phi) is 4.09.